The number of benzene rings is 1. The molecule has 0 radical (unpaired) electrons. The predicted molar refractivity (Wildman–Crippen MR) is 107 cm³/mol. The lowest BCUT2D eigenvalue weighted by Gasteiger charge is -2.29. The second-order valence-corrected chi connectivity index (χ2v) is 7.33. The number of esters is 1. The topological polar surface area (TPSA) is 73.2 Å². The summed E-state index contributed by atoms with van der Waals surface area (Å²) in [6.07, 6.45) is 11.0. The average Bonchev–Trinajstić information content (AvgIpc) is 3.15. The van der Waals surface area contributed by atoms with Crippen LogP contribution in [0, 0.1) is 5.92 Å². The van der Waals surface area contributed by atoms with Crippen LogP contribution >= 0.6 is 0 Å². The number of aromatic nitrogens is 2. The Labute approximate surface area is 165 Å². The van der Waals surface area contributed by atoms with Crippen molar-refractivity contribution in [1.29, 1.82) is 0 Å². The van der Waals surface area contributed by atoms with Gasteiger partial charge in [0.2, 0.25) is 0 Å². The zero-order chi connectivity index (χ0) is 19.8. The molecule has 1 N–H and O–H groups in total. The second-order valence-electron chi connectivity index (χ2n) is 7.33. The van der Waals surface area contributed by atoms with Crippen LogP contribution in [0.15, 0.2) is 48.8 Å². The van der Waals surface area contributed by atoms with Crippen LogP contribution in [0.4, 0.5) is 0 Å². The lowest BCUT2D eigenvalue weighted by atomic mass is 9.86. The first-order chi connectivity index (χ1) is 13.6. The Hall–Kier alpha value is -2.89. The van der Waals surface area contributed by atoms with Crippen molar-refractivity contribution in [3.63, 3.8) is 0 Å². The summed E-state index contributed by atoms with van der Waals surface area (Å²) in [5, 5.41) is 7.26. The molecule has 1 aliphatic carbocycles. The minimum atomic E-state index is -0.539. The highest BCUT2D eigenvalue weighted by Gasteiger charge is 2.22. The molecule has 2 aromatic rings. The summed E-state index contributed by atoms with van der Waals surface area (Å²) in [6.45, 7) is 2.56. The second kappa shape index (κ2) is 9.88. The van der Waals surface area contributed by atoms with Crippen molar-refractivity contribution >= 4 is 18.0 Å². The summed E-state index contributed by atoms with van der Waals surface area (Å²) >= 11 is 0. The zero-order valence-corrected chi connectivity index (χ0v) is 16.2. The molecule has 0 saturated heterocycles. The van der Waals surface area contributed by atoms with Gasteiger partial charge in [0, 0.05) is 23.9 Å². The van der Waals surface area contributed by atoms with Crippen LogP contribution in [0.25, 0.3) is 6.08 Å². The first-order valence-corrected chi connectivity index (χ1v) is 9.81. The number of amides is 1. The molecule has 6 heteroatoms. The minimum absolute atomic E-state index is 0.186. The Morgan fingerprint density at radius 2 is 2.04 bits per heavy atom. The number of hydrogen-bond acceptors (Lipinski definition) is 4. The standard InChI is InChI=1S/C22H27N3O3/c1-17-7-5-6-10-20(17)24-21(26)16-28-22(27)12-11-19-13-23-25(15-19)14-18-8-3-2-4-9-18/h2-4,8-9,11-13,15,17,20H,5-7,10,14,16H2,1H3,(H,24,26)/b12-11+/t17-,20-/m1/s1. The van der Waals surface area contributed by atoms with Gasteiger partial charge in [0.15, 0.2) is 6.61 Å². The molecule has 1 aromatic carbocycles. The number of nitrogens with zero attached hydrogens (tertiary/aromatic N) is 2. The highest BCUT2D eigenvalue weighted by molar-refractivity contribution is 5.89. The Balaban J connectivity index is 1.42. The highest BCUT2D eigenvalue weighted by atomic mass is 16.5. The summed E-state index contributed by atoms with van der Waals surface area (Å²) in [5.74, 6) is -0.306. The molecule has 6 nitrogen and oxygen atoms in total. The molecule has 1 amide bonds. The van der Waals surface area contributed by atoms with Crippen molar-refractivity contribution in [3.8, 4) is 0 Å². The van der Waals surface area contributed by atoms with Gasteiger partial charge in [-0.25, -0.2) is 4.79 Å². The molecule has 0 spiro atoms. The molecular formula is C22H27N3O3. The van der Waals surface area contributed by atoms with Crippen molar-refractivity contribution < 1.29 is 14.3 Å². The van der Waals surface area contributed by atoms with E-state index in [-0.39, 0.29) is 18.6 Å². The van der Waals surface area contributed by atoms with Crippen molar-refractivity contribution in [2.75, 3.05) is 6.61 Å². The number of carbonyl (C=O) groups excluding carboxylic acids is 2. The van der Waals surface area contributed by atoms with Crippen LogP contribution in [0.1, 0.15) is 43.7 Å². The Morgan fingerprint density at radius 1 is 1.25 bits per heavy atom. The number of nitrogens with one attached hydrogen (secondary N) is 1. The summed E-state index contributed by atoms with van der Waals surface area (Å²) in [7, 11) is 0. The monoisotopic (exact) mass is 381 g/mol. The Kier molecular flexibility index (Phi) is 7.00. The molecule has 0 unspecified atom stereocenters. The van der Waals surface area contributed by atoms with Gasteiger partial charge in [-0.05, 0) is 30.4 Å². The van der Waals surface area contributed by atoms with E-state index in [9.17, 15) is 9.59 Å². The van der Waals surface area contributed by atoms with E-state index in [4.69, 9.17) is 4.74 Å². The third-order valence-electron chi connectivity index (χ3n) is 5.06. The number of ether oxygens (including phenoxy) is 1. The molecule has 2 atom stereocenters. The van der Waals surface area contributed by atoms with Gasteiger partial charge >= 0.3 is 5.97 Å². The molecular weight excluding hydrogens is 354 g/mol. The fourth-order valence-electron chi connectivity index (χ4n) is 3.45. The van der Waals surface area contributed by atoms with E-state index in [2.05, 4.69) is 17.3 Å². The Bertz CT molecular complexity index is 813. The zero-order valence-electron chi connectivity index (χ0n) is 16.2. The van der Waals surface area contributed by atoms with E-state index >= 15 is 0 Å². The van der Waals surface area contributed by atoms with E-state index in [0.717, 1.165) is 30.4 Å². The third-order valence-corrected chi connectivity index (χ3v) is 5.06. The first-order valence-electron chi connectivity index (χ1n) is 9.81. The van der Waals surface area contributed by atoms with Crippen molar-refractivity contribution in [1.82, 2.24) is 15.1 Å². The van der Waals surface area contributed by atoms with Gasteiger partial charge in [0.1, 0.15) is 0 Å². The van der Waals surface area contributed by atoms with Crippen LogP contribution in [0.3, 0.4) is 0 Å². The molecule has 0 bridgehead atoms. The van der Waals surface area contributed by atoms with Crippen LogP contribution in [-0.4, -0.2) is 34.3 Å². The Morgan fingerprint density at radius 3 is 2.82 bits per heavy atom. The molecule has 1 aromatic heterocycles. The quantitative estimate of drug-likeness (QED) is 0.591. The van der Waals surface area contributed by atoms with Gasteiger partial charge in [-0.15, -0.1) is 0 Å². The van der Waals surface area contributed by atoms with Crippen LogP contribution in [0.5, 0.6) is 0 Å². The maximum Gasteiger partial charge on any atom is 0.331 e. The van der Waals surface area contributed by atoms with Gasteiger partial charge in [0.25, 0.3) is 5.91 Å². The highest BCUT2D eigenvalue weighted by Crippen LogP contribution is 2.23. The number of hydrogen-bond donors (Lipinski definition) is 1. The van der Waals surface area contributed by atoms with Crippen molar-refractivity contribution in [2.45, 2.75) is 45.2 Å². The maximum absolute atomic E-state index is 12.0. The van der Waals surface area contributed by atoms with Gasteiger partial charge in [-0.2, -0.15) is 5.10 Å². The lowest BCUT2D eigenvalue weighted by molar-refractivity contribution is -0.144. The van der Waals surface area contributed by atoms with Gasteiger partial charge < -0.3 is 10.1 Å². The molecule has 3 rings (SSSR count). The number of carbonyl (C=O) groups is 2. The fraction of sp³-hybridized carbons (Fsp3) is 0.409. The smallest absolute Gasteiger partial charge is 0.331 e. The molecule has 0 aliphatic heterocycles. The summed E-state index contributed by atoms with van der Waals surface area (Å²) in [4.78, 5) is 23.8. The number of rotatable bonds is 7. The van der Waals surface area contributed by atoms with E-state index < -0.39 is 5.97 Å². The first kappa shape index (κ1) is 19.9. The molecule has 1 aliphatic rings. The van der Waals surface area contributed by atoms with Crippen LogP contribution in [-0.2, 0) is 20.9 Å². The molecule has 1 saturated carbocycles. The summed E-state index contributed by atoms with van der Waals surface area (Å²) in [5.41, 5.74) is 1.95. The van der Waals surface area contributed by atoms with Crippen LogP contribution in [0.2, 0.25) is 0 Å². The molecule has 1 heterocycles. The minimum Gasteiger partial charge on any atom is -0.452 e. The molecule has 28 heavy (non-hydrogen) atoms. The molecule has 148 valence electrons. The molecule has 1 fully saturated rings. The van der Waals surface area contributed by atoms with Gasteiger partial charge in [0.05, 0.1) is 12.7 Å². The SMILES string of the molecule is C[C@@H]1CCCC[C@H]1NC(=O)COC(=O)/C=C/c1cnn(Cc2ccccc2)c1. The maximum atomic E-state index is 12.0. The van der Waals surface area contributed by atoms with Crippen molar-refractivity contribution in [3.05, 3.63) is 59.9 Å². The largest absolute Gasteiger partial charge is 0.452 e. The lowest BCUT2D eigenvalue weighted by Crippen LogP contribution is -2.42. The average molecular weight is 381 g/mol. The van der Waals surface area contributed by atoms with E-state index in [1.807, 2.05) is 36.5 Å². The third kappa shape index (κ3) is 6.08. The fourth-order valence-corrected chi connectivity index (χ4v) is 3.45. The van der Waals surface area contributed by atoms with E-state index in [1.165, 1.54) is 12.5 Å². The van der Waals surface area contributed by atoms with Gasteiger partial charge in [-0.3, -0.25) is 9.48 Å². The summed E-state index contributed by atoms with van der Waals surface area (Å²) < 4.78 is 6.84. The van der Waals surface area contributed by atoms with E-state index in [1.54, 1.807) is 17.0 Å². The predicted octanol–water partition coefficient (Wildman–Crippen LogP) is 3.18. The van der Waals surface area contributed by atoms with Crippen molar-refractivity contribution in [2.24, 2.45) is 5.92 Å². The van der Waals surface area contributed by atoms with E-state index in [0.29, 0.717) is 12.5 Å². The summed E-state index contributed by atoms with van der Waals surface area (Å²) in [6, 6.07) is 10.2. The van der Waals surface area contributed by atoms with Gasteiger partial charge in [-0.1, -0.05) is 50.1 Å². The normalized spacial score (nSPS) is 19.5. The van der Waals surface area contributed by atoms with Crippen LogP contribution < -0.4 is 5.32 Å².